The van der Waals surface area contributed by atoms with Gasteiger partial charge in [0.15, 0.2) is 0 Å². The molecule has 7 heteroatoms. The number of hydrogen-bond donors (Lipinski definition) is 3. The summed E-state index contributed by atoms with van der Waals surface area (Å²) in [6.07, 6.45) is 0. The van der Waals surface area contributed by atoms with E-state index < -0.39 is 17.1 Å². The first-order valence-corrected chi connectivity index (χ1v) is 7.07. The average Bonchev–Trinajstić information content (AvgIpc) is 2.55. The Bertz CT molecular complexity index is 1010. The Labute approximate surface area is 135 Å². The lowest BCUT2D eigenvalue weighted by atomic mass is 10.2. The Morgan fingerprint density at radius 1 is 1.00 bits per heavy atom. The van der Waals surface area contributed by atoms with Crippen molar-refractivity contribution in [3.63, 3.8) is 0 Å². The third-order valence-electron chi connectivity index (χ3n) is 3.32. The van der Waals surface area contributed by atoms with Crippen LogP contribution in [0.5, 0.6) is 5.88 Å². The van der Waals surface area contributed by atoms with Gasteiger partial charge in [0.25, 0.3) is 11.5 Å². The number of nitrogens with one attached hydrogen (secondary N) is 2. The van der Waals surface area contributed by atoms with Gasteiger partial charge in [-0.1, -0.05) is 24.3 Å². The summed E-state index contributed by atoms with van der Waals surface area (Å²) in [6.45, 7) is 0. The normalized spacial score (nSPS) is 10.3. The lowest BCUT2D eigenvalue weighted by Crippen LogP contribution is -2.28. The van der Waals surface area contributed by atoms with Gasteiger partial charge in [-0.15, -0.1) is 0 Å². The third-order valence-corrected chi connectivity index (χ3v) is 3.32. The molecule has 3 rings (SSSR count). The molecule has 0 aliphatic carbocycles. The van der Waals surface area contributed by atoms with Gasteiger partial charge in [0, 0.05) is 11.3 Å². The molecule has 0 bridgehead atoms. The van der Waals surface area contributed by atoms with Crippen molar-refractivity contribution in [1.82, 2.24) is 9.55 Å². The molecule has 3 N–H and O–H groups in total. The maximum Gasteiger partial charge on any atom is 0.335 e. The van der Waals surface area contributed by atoms with Crippen molar-refractivity contribution < 1.29 is 9.90 Å². The first kappa shape index (κ1) is 15.3. The Hall–Kier alpha value is -3.61. The maximum absolute atomic E-state index is 12.2. The van der Waals surface area contributed by atoms with Gasteiger partial charge >= 0.3 is 5.69 Å². The van der Waals surface area contributed by atoms with Crippen LogP contribution in [0.15, 0.2) is 70.3 Å². The van der Waals surface area contributed by atoms with Gasteiger partial charge in [0.2, 0.25) is 5.88 Å². The summed E-state index contributed by atoms with van der Waals surface area (Å²) in [6, 6.07) is 15.9. The fourth-order valence-corrected chi connectivity index (χ4v) is 2.25. The summed E-state index contributed by atoms with van der Waals surface area (Å²) in [5, 5.41) is 12.5. The first-order chi connectivity index (χ1) is 11.5. The second-order valence-corrected chi connectivity index (χ2v) is 5.00. The molecule has 0 unspecified atom stereocenters. The number of anilines is 1. The summed E-state index contributed by atoms with van der Waals surface area (Å²) in [7, 11) is 0. The Morgan fingerprint density at radius 3 is 2.46 bits per heavy atom. The number of hydrogen-bond acceptors (Lipinski definition) is 4. The van der Waals surface area contributed by atoms with Crippen molar-refractivity contribution in [3.05, 3.63) is 87.1 Å². The maximum atomic E-state index is 12.2. The second-order valence-electron chi connectivity index (χ2n) is 5.00. The number of carbonyl (C=O) groups is 1. The molecule has 0 radical (unpaired) electrons. The van der Waals surface area contributed by atoms with Crippen molar-refractivity contribution in [1.29, 1.82) is 0 Å². The Kier molecular flexibility index (Phi) is 3.98. The number of H-pyrrole nitrogens is 1. The molecule has 0 aliphatic heterocycles. The van der Waals surface area contributed by atoms with E-state index in [0.717, 1.165) is 10.6 Å². The number of benzene rings is 2. The van der Waals surface area contributed by atoms with E-state index >= 15 is 0 Å². The second kappa shape index (κ2) is 6.25. The monoisotopic (exact) mass is 323 g/mol. The van der Waals surface area contributed by atoms with Crippen LogP contribution >= 0.6 is 0 Å². The van der Waals surface area contributed by atoms with Crippen molar-refractivity contribution in [2.75, 3.05) is 5.32 Å². The highest BCUT2D eigenvalue weighted by Gasteiger charge is 2.09. The van der Waals surface area contributed by atoms with Gasteiger partial charge in [0.1, 0.15) is 0 Å². The van der Waals surface area contributed by atoms with E-state index in [1.807, 2.05) is 6.07 Å². The van der Waals surface area contributed by atoms with Crippen LogP contribution in [0.4, 0.5) is 5.69 Å². The third kappa shape index (κ3) is 3.09. The minimum absolute atomic E-state index is 0.300. The van der Waals surface area contributed by atoms with E-state index in [-0.39, 0.29) is 5.91 Å². The number of aromatic nitrogens is 2. The number of aromatic hydroxyl groups is 1. The van der Waals surface area contributed by atoms with Crippen LogP contribution in [0.3, 0.4) is 0 Å². The SMILES string of the molecule is O=C(Nc1cccc(-n2c(O)cc(=O)[nH]c2=O)c1)c1ccccc1. The van der Waals surface area contributed by atoms with Gasteiger partial charge < -0.3 is 10.4 Å². The van der Waals surface area contributed by atoms with E-state index in [1.165, 1.54) is 6.07 Å². The zero-order chi connectivity index (χ0) is 17.1. The first-order valence-electron chi connectivity index (χ1n) is 7.07. The molecule has 0 saturated heterocycles. The Balaban J connectivity index is 1.95. The summed E-state index contributed by atoms with van der Waals surface area (Å²) in [4.78, 5) is 37.3. The highest BCUT2D eigenvalue weighted by atomic mass is 16.3. The quantitative estimate of drug-likeness (QED) is 0.679. The molecule has 1 aromatic heterocycles. The van der Waals surface area contributed by atoms with Crippen LogP contribution < -0.4 is 16.6 Å². The summed E-state index contributed by atoms with van der Waals surface area (Å²) < 4.78 is 0.930. The van der Waals surface area contributed by atoms with Crippen LogP contribution in [0.25, 0.3) is 5.69 Å². The predicted octanol–water partition coefficient (Wildman–Crippen LogP) is 1.48. The largest absolute Gasteiger partial charge is 0.494 e. The van der Waals surface area contributed by atoms with Crippen molar-refractivity contribution in [2.24, 2.45) is 0 Å². The lowest BCUT2D eigenvalue weighted by molar-refractivity contribution is 0.102. The smallest absolute Gasteiger partial charge is 0.335 e. The van der Waals surface area contributed by atoms with Crippen LogP contribution in [-0.2, 0) is 0 Å². The summed E-state index contributed by atoms with van der Waals surface area (Å²) in [5.41, 5.74) is -0.223. The van der Waals surface area contributed by atoms with E-state index in [2.05, 4.69) is 10.3 Å². The Morgan fingerprint density at radius 2 is 1.75 bits per heavy atom. The van der Waals surface area contributed by atoms with Crippen LogP contribution in [-0.4, -0.2) is 20.6 Å². The van der Waals surface area contributed by atoms with Gasteiger partial charge in [-0.05, 0) is 30.3 Å². The predicted molar refractivity (Wildman–Crippen MR) is 88.7 cm³/mol. The molecule has 0 spiro atoms. The van der Waals surface area contributed by atoms with E-state index in [1.54, 1.807) is 42.5 Å². The molecule has 7 nitrogen and oxygen atoms in total. The molecule has 3 aromatic rings. The molecule has 0 fully saturated rings. The van der Waals surface area contributed by atoms with Crippen LogP contribution in [0.2, 0.25) is 0 Å². The van der Waals surface area contributed by atoms with Crippen molar-refractivity contribution in [3.8, 4) is 11.6 Å². The number of amides is 1. The minimum atomic E-state index is -0.772. The molecule has 2 aromatic carbocycles. The fourth-order valence-electron chi connectivity index (χ4n) is 2.25. The van der Waals surface area contributed by atoms with Crippen LogP contribution in [0, 0.1) is 0 Å². The highest BCUT2D eigenvalue weighted by Crippen LogP contribution is 2.17. The van der Waals surface area contributed by atoms with Crippen molar-refractivity contribution >= 4 is 11.6 Å². The molecule has 0 aliphatic rings. The molecular formula is C17H13N3O4. The van der Waals surface area contributed by atoms with E-state index in [0.29, 0.717) is 16.9 Å². The number of aromatic amines is 1. The number of rotatable bonds is 3. The molecule has 1 amide bonds. The van der Waals surface area contributed by atoms with Crippen molar-refractivity contribution in [2.45, 2.75) is 0 Å². The van der Waals surface area contributed by atoms with Gasteiger partial charge in [-0.25, -0.2) is 9.36 Å². The molecule has 0 atom stereocenters. The zero-order valence-corrected chi connectivity index (χ0v) is 12.4. The van der Waals surface area contributed by atoms with Gasteiger partial charge in [0.05, 0.1) is 11.8 Å². The number of nitrogens with zero attached hydrogens (tertiary/aromatic N) is 1. The summed E-state index contributed by atoms with van der Waals surface area (Å²) >= 11 is 0. The lowest BCUT2D eigenvalue weighted by Gasteiger charge is -2.10. The minimum Gasteiger partial charge on any atom is -0.494 e. The van der Waals surface area contributed by atoms with Crippen LogP contribution in [0.1, 0.15) is 10.4 Å². The standard InChI is InChI=1S/C17H13N3O4/c21-14-10-15(22)20(17(24)19-14)13-8-4-7-12(9-13)18-16(23)11-5-2-1-3-6-11/h1-10,22H,(H,18,23)(H,19,21,24). The molecule has 1 heterocycles. The molecule has 120 valence electrons. The van der Waals surface area contributed by atoms with E-state index in [4.69, 9.17) is 0 Å². The molecule has 24 heavy (non-hydrogen) atoms. The topological polar surface area (TPSA) is 104 Å². The number of carbonyl (C=O) groups excluding carboxylic acids is 1. The zero-order valence-electron chi connectivity index (χ0n) is 12.4. The molecular weight excluding hydrogens is 310 g/mol. The molecule has 0 saturated carbocycles. The highest BCUT2D eigenvalue weighted by molar-refractivity contribution is 6.04. The fraction of sp³-hybridized carbons (Fsp3) is 0. The van der Waals surface area contributed by atoms with Gasteiger partial charge in [-0.3, -0.25) is 14.6 Å². The van der Waals surface area contributed by atoms with E-state index in [9.17, 15) is 19.5 Å². The van der Waals surface area contributed by atoms with Gasteiger partial charge in [-0.2, -0.15) is 0 Å². The summed E-state index contributed by atoms with van der Waals surface area (Å²) in [5.74, 6) is -0.791. The average molecular weight is 323 g/mol.